The minimum atomic E-state index is -0.606. The maximum Gasteiger partial charge on any atom is 0.317 e. The van der Waals surface area contributed by atoms with Crippen LogP contribution in [0.25, 0.3) is 0 Å². The van der Waals surface area contributed by atoms with Gasteiger partial charge in [-0.2, -0.15) is 0 Å². The van der Waals surface area contributed by atoms with Gasteiger partial charge in [-0.1, -0.05) is 6.92 Å². The van der Waals surface area contributed by atoms with Crippen molar-refractivity contribution in [1.29, 1.82) is 0 Å². The number of hydrogen-bond acceptors (Lipinski definition) is 2. The lowest BCUT2D eigenvalue weighted by Gasteiger charge is -2.25. The van der Waals surface area contributed by atoms with Gasteiger partial charge in [0.2, 0.25) is 0 Å². The molecule has 0 aliphatic heterocycles. The molecule has 1 atom stereocenters. The highest BCUT2D eigenvalue weighted by atomic mass is 19.1. The van der Waals surface area contributed by atoms with Crippen LogP contribution in [0.4, 0.5) is 13.6 Å². The highest BCUT2D eigenvalue weighted by molar-refractivity contribution is 5.74. The number of nitrogens with zero attached hydrogens (tertiary/aromatic N) is 1. The number of hydrogen-bond donors (Lipinski definition) is 2. The second kappa shape index (κ2) is 7.79. The molecule has 1 aromatic rings. The van der Waals surface area contributed by atoms with Crippen LogP contribution >= 0.6 is 0 Å². The zero-order valence-electron chi connectivity index (χ0n) is 11.7. The van der Waals surface area contributed by atoms with E-state index < -0.39 is 23.7 Å². The first-order chi connectivity index (χ1) is 9.53. The van der Waals surface area contributed by atoms with E-state index in [1.807, 2.05) is 0 Å². The Morgan fingerprint density at radius 3 is 2.65 bits per heavy atom. The van der Waals surface area contributed by atoms with Gasteiger partial charge >= 0.3 is 6.03 Å². The number of carbonyl (C=O) groups is 1. The molecule has 112 valence electrons. The number of rotatable bonds is 6. The Bertz CT molecular complexity index is 455. The van der Waals surface area contributed by atoms with Crippen molar-refractivity contribution in [3.8, 4) is 0 Å². The topological polar surface area (TPSA) is 52.6 Å². The molecule has 0 aliphatic carbocycles. The molecule has 0 bridgehead atoms. The van der Waals surface area contributed by atoms with E-state index in [4.69, 9.17) is 5.11 Å². The first-order valence-corrected chi connectivity index (χ1v) is 6.64. The Hall–Kier alpha value is -1.69. The quantitative estimate of drug-likeness (QED) is 0.844. The van der Waals surface area contributed by atoms with Crippen molar-refractivity contribution in [2.45, 2.75) is 26.3 Å². The molecule has 2 amide bonds. The molecule has 0 radical (unpaired) electrons. The molecular weight excluding hydrogens is 266 g/mol. The molecule has 4 nitrogen and oxygen atoms in total. The predicted octanol–water partition coefficient (Wildman–Crippen LogP) is 2.44. The van der Waals surface area contributed by atoms with E-state index in [2.05, 4.69) is 5.32 Å². The van der Waals surface area contributed by atoms with Crippen LogP contribution in [0.2, 0.25) is 0 Å². The molecule has 20 heavy (non-hydrogen) atoms. The van der Waals surface area contributed by atoms with Crippen LogP contribution in [0, 0.1) is 11.6 Å². The van der Waals surface area contributed by atoms with Crippen LogP contribution in [0.3, 0.4) is 0 Å². The second-order valence-electron chi connectivity index (χ2n) is 4.38. The molecule has 1 rings (SSSR count). The Morgan fingerprint density at radius 1 is 1.40 bits per heavy atom. The highest BCUT2D eigenvalue weighted by Crippen LogP contribution is 2.21. The number of carbonyl (C=O) groups excluding carboxylic acids is 1. The molecule has 6 heteroatoms. The summed E-state index contributed by atoms with van der Waals surface area (Å²) >= 11 is 0. The zero-order chi connectivity index (χ0) is 15.1. The predicted molar refractivity (Wildman–Crippen MR) is 72.3 cm³/mol. The third-order valence-electron chi connectivity index (χ3n) is 3.08. The van der Waals surface area contributed by atoms with Crippen molar-refractivity contribution < 1.29 is 18.7 Å². The van der Waals surface area contributed by atoms with E-state index in [0.29, 0.717) is 13.0 Å². The third kappa shape index (κ3) is 4.16. The Kier molecular flexibility index (Phi) is 6.38. The average Bonchev–Trinajstić information content (AvgIpc) is 2.44. The van der Waals surface area contributed by atoms with Gasteiger partial charge in [0.15, 0.2) is 0 Å². The fourth-order valence-corrected chi connectivity index (χ4v) is 1.95. The Morgan fingerprint density at radius 2 is 2.10 bits per heavy atom. The molecule has 1 unspecified atom stereocenters. The van der Waals surface area contributed by atoms with Crippen molar-refractivity contribution in [3.05, 3.63) is 35.4 Å². The number of aliphatic hydroxyl groups is 1. The molecular formula is C14H20F2N2O2. The number of likely N-dealkylation sites (N-methyl/N-ethyl adjacent to an activating group) is 1. The van der Waals surface area contributed by atoms with Gasteiger partial charge in [0.05, 0.1) is 12.6 Å². The molecule has 0 aromatic heterocycles. The van der Waals surface area contributed by atoms with Gasteiger partial charge in [0, 0.05) is 18.7 Å². The summed E-state index contributed by atoms with van der Waals surface area (Å²) in [5.41, 5.74) is 0.126. The normalized spacial score (nSPS) is 12.1. The number of nitrogens with one attached hydrogen (secondary N) is 1. The fourth-order valence-electron chi connectivity index (χ4n) is 1.95. The van der Waals surface area contributed by atoms with Gasteiger partial charge < -0.3 is 15.3 Å². The van der Waals surface area contributed by atoms with Crippen LogP contribution in [0.1, 0.15) is 31.9 Å². The van der Waals surface area contributed by atoms with Gasteiger partial charge in [-0.05, 0) is 31.5 Å². The summed E-state index contributed by atoms with van der Waals surface area (Å²) in [5, 5.41) is 11.5. The molecule has 0 spiro atoms. The SMILES string of the molecule is CCC(NC(=O)N(CC)CCO)c1cc(F)ccc1F. The molecule has 0 saturated heterocycles. The van der Waals surface area contributed by atoms with Gasteiger partial charge in [-0.3, -0.25) is 0 Å². The van der Waals surface area contributed by atoms with E-state index in [1.165, 1.54) is 4.90 Å². The van der Waals surface area contributed by atoms with E-state index >= 15 is 0 Å². The lowest BCUT2D eigenvalue weighted by Crippen LogP contribution is -2.43. The Labute approximate surface area is 117 Å². The van der Waals surface area contributed by atoms with Crippen LogP contribution in [-0.4, -0.2) is 35.7 Å². The largest absolute Gasteiger partial charge is 0.395 e. The Balaban J connectivity index is 2.86. The van der Waals surface area contributed by atoms with Crippen LogP contribution in [-0.2, 0) is 0 Å². The third-order valence-corrected chi connectivity index (χ3v) is 3.08. The van der Waals surface area contributed by atoms with Gasteiger partial charge in [0.1, 0.15) is 11.6 Å². The first-order valence-electron chi connectivity index (χ1n) is 6.64. The lowest BCUT2D eigenvalue weighted by atomic mass is 10.0. The van der Waals surface area contributed by atoms with Crippen LogP contribution in [0.5, 0.6) is 0 Å². The minimum Gasteiger partial charge on any atom is -0.395 e. The van der Waals surface area contributed by atoms with Crippen molar-refractivity contribution >= 4 is 6.03 Å². The molecule has 1 aromatic carbocycles. The smallest absolute Gasteiger partial charge is 0.317 e. The molecule has 0 heterocycles. The summed E-state index contributed by atoms with van der Waals surface area (Å²) in [4.78, 5) is 13.4. The summed E-state index contributed by atoms with van der Waals surface area (Å²) in [6, 6.07) is 2.16. The van der Waals surface area contributed by atoms with Crippen LogP contribution < -0.4 is 5.32 Å². The number of benzene rings is 1. The van der Waals surface area contributed by atoms with E-state index in [0.717, 1.165) is 18.2 Å². The van der Waals surface area contributed by atoms with Gasteiger partial charge in [0.25, 0.3) is 0 Å². The van der Waals surface area contributed by atoms with Gasteiger partial charge in [-0.25, -0.2) is 13.6 Å². The summed E-state index contributed by atoms with van der Waals surface area (Å²) in [6.45, 7) is 4.03. The molecule has 2 N–H and O–H groups in total. The van der Waals surface area contributed by atoms with E-state index in [-0.39, 0.29) is 18.7 Å². The maximum absolute atomic E-state index is 13.7. The highest BCUT2D eigenvalue weighted by Gasteiger charge is 2.20. The molecule has 0 saturated carbocycles. The monoisotopic (exact) mass is 286 g/mol. The number of aliphatic hydroxyl groups excluding tert-OH is 1. The first kappa shape index (κ1) is 16.4. The van der Waals surface area contributed by atoms with E-state index in [1.54, 1.807) is 13.8 Å². The average molecular weight is 286 g/mol. The summed E-state index contributed by atoms with van der Waals surface area (Å²) < 4.78 is 26.9. The standard InChI is InChI=1S/C14H20F2N2O2/c1-3-13(11-9-10(15)5-6-12(11)16)17-14(20)18(4-2)7-8-19/h5-6,9,13,19H,3-4,7-8H2,1-2H3,(H,17,20). The van der Waals surface area contributed by atoms with Crippen molar-refractivity contribution in [3.63, 3.8) is 0 Å². The zero-order valence-corrected chi connectivity index (χ0v) is 11.7. The van der Waals surface area contributed by atoms with Crippen molar-refractivity contribution in [2.24, 2.45) is 0 Å². The maximum atomic E-state index is 13.7. The van der Waals surface area contributed by atoms with Crippen molar-refractivity contribution in [2.75, 3.05) is 19.7 Å². The number of urea groups is 1. The summed E-state index contributed by atoms with van der Waals surface area (Å²) in [5.74, 6) is -1.10. The molecule has 0 aliphatic rings. The van der Waals surface area contributed by atoms with E-state index in [9.17, 15) is 13.6 Å². The number of amides is 2. The van der Waals surface area contributed by atoms with Crippen LogP contribution in [0.15, 0.2) is 18.2 Å². The van der Waals surface area contributed by atoms with Gasteiger partial charge in [-0.15, -0.1) is 0 Å². The minimum absolute atomic E-state index is 0.126. The molecule has 0 fully saturated rings. The lowest BCUT2D eigenvalue weighted by molar-refractivity contribution is 0.176. The fraction of sp³-hybridized carbons (Fsp3) is 0.500. The second-order valence-corrected chi connectivity index (χ2v) is 4.38. The number of halogens is 2. The van der Waals surface area contributed by atoms with Crippen molar-refractivity contribution in [1.82, 2.24) is 10.2 Å². The summed E-state index contributed by atoms with van der Waals surface area (Å²) in [7, 11) is 0. The summed E-state index contributed by atoms with van der Waals surface area (Å²) in [6.07, 6.45) is 0.433.